The number of alkyl halides is 2. The van der Waals surface area contributed by atoms with Crippen molar-refractivity contribution >= 4 is 40.8 Å². The molecule has 2 atom stereocenters. The van der Waals surface area contributed by atoms with Gasteiger partial charge >= 0.3 is 11.9 Å². The van der Waals surface area contributed by atoms with E-state index in [2.05, 4.69) is 10.00 Å². The number of fused-ring (bicyclic) bond motifs is 2. The first-order valence-electron chi connectivity index (χ1n) is 13.1. The van der Waals surface area contributed by atoms with Gasteiger partial charge in [-0.25, -0.2) is 18.7 Å². The minimum absolute atomic E-state index is 0.0144. The van der Waals surface area contributed by atoms with Gasteiger partial charge in [0.05, 0.1) is 15.6 Å². The van der Waals surface area contributed by atoms with Crippen molar-refractivity contribution in [2.45, 2.75) is 50.0 Å². The van der Waals surface area contributed by atoms with E-state index in [1.807, 2.05) is 6.92 Å². The highest BCUT2D eigenvalue weighted by atomic mass is 35.5. The molecule has 0 aliphatic carbocycles. The van der Waals surface area contributed by atoms with Crippen LogP contribution in [0.4, 0.5) is 13.2 Å². The first kappa shape index (κ1) is 33.4. The number of halogens is 4. The molecule has 44 heavy (non-hydrogen) atoms. The Kier molecular flexibility index (Phi) is 9.72. The molecule has 2 aliphatic heterocycles. The van der Waals surface area contributed by atoms with Gasteiger partial charge in [-0.3, -0.25) is 9.69 Å². The number of nitrogens with zero attached hydrogens (tertiary/aromatic N) is 3. The maximum absolute atomic E-state index is 14.5. The van der Waals surface area contributed by atoms with Crippen molar-refractivity contribution in [1.82, 2.24) is 14.7 Å². The number of primary amides is 1. The first-order valence-corrected chi connectivity index (χ1v) is 14.3. The summed E-state index contributed by atoms with van der Waals surface area (Å²) in [6.45, 7) is 2.95. The van der Waals surface area contributed by atoms with Crippen molar-refractivity contribution in [3.05, 3.63) is 67.9 Å². The Morgan fingerprint density at radius 3 is 2.34 bits per heavy atom. The molecule has 238 valence electrons. The van der Waals surface area contributed by atoms with Crippen molar-refractivity contribution in [2.24, 2.45) is 5.73 Å². The molecule has 6 N–H and O–H groups in total. The molecule has 0 saturated carbocycles. The van der Waals surface area contributed by atoms with Crippen LogP contribution in [0.25, 0.3) is 5.69 Å². The number of aryl methyl sites for hydroxylation is 1. The van der Waals surface area contributed by atoms with E-state index in [0.29, 0.717) is 47.4 Å². The van der Waals surface area contributed by atoms with E-state index in [9.17, 15) is 27.6 Å². The number of ether oxygens (including phenoxy) is 1. The van der Waals surface area contributed by atoms with E-state index >= 15 is 0 Å². The standard InChI is InChI=1S/C23H22ClF3N4O2S.C4H6O6/c1-13-14(11-31(29-13)19-15(21(28)32)3-2-4-17(19)25)10-30-7-5-22(6-8-30)20-16(9-18(24)34-20)23(26,27)12-33-22;5-1(3(7)8)2(6)4(9)10/h2-4,9,11H,5-8,10,12H2,1H3,(H2,28,32);1-2,5-6H,(H,7,8)(H,9,10)/t;1-,2-/m.1/s1. The zero-order chi connectivity index (χ0) is 32.6. The second-order valence-corrected chi connectivity index (χ2v) is 12.0. The lowest BCUT2D eigenvalue weighted by molar-refractivity contribution is -0.182. The molecule has 0 unspecified atom stereocenters. The van der Waals surface area contributed by atoms with Gasteiger partial charge in [0.15, 0.2) is 12.2 Å². The summed E-state index contributed by atoms with van der Waals surface area (Å²) >= 11 is 7.25. The van der Waals surface area contributed by atoms with Crippen LogP contribution in [0.15, 0.2) is 30.5 Å². The van der Waals surface area contributed by atoms with Gasteiger partial charge in [0, 0.05) is 41.8 Å². The first-order chi connectivity index (χ1) is 20.6. The number of aliphatic hydroxyl groups is 2. The molecule has 1 aromatic carbocycles. The quantitative estimate of drug-likeness (QED) is 0.252. The lowest BCUT2D eigenvalue weighted by Crippen LogP contribution is -2.48. The second-order valence-electron chi connectivity index (χ2n) is 10.3. The fourth-order valence-electron chi connectivity index (χ4n) is 5.01. The van der Waals surface area contributed by atoms with Crippen LogP contribution in [-0.2, 0) is 32.4 Å². The molecule has 0 radical (unpaired) electrons. The lowest BCUT2D eigenvalue weighted by Gasteiger charge is -2.45. The monoisotopic (exact) mass is 660 g/mol. The number of aromatic nitrogens is 2. The number of hydrogen-bond acceptors (Lipinski definition) is 9. The number of aliphatic carboxylic acids is 2. The number of thiophene rings is 1. The van der Waals surface area contributed by atoms with Crippen molar-refractivity contribution in [1.29, 1.82) is 0 Å². The van der Waals surface area contributed by atoms with Crippen molar-refractivity contribution in [3.8, 4) is 5.69 Å². The number of aliphatic hydroxyl groups excluding tert-OH is 2. The molecule has 3 aromatic rings. The molecule has 2 aromatic heterocycles. The zero-order valence-corrected chi connectivity index (χ0v) is 24.6. The van der Waals surface area contributed by atoms with Crippen LogP contribution in [0.2, 0.25) is 4.34 Å². The zero-order valence-electron chi connectivity index (χ0n) is 23.0. The number of para-hydroxylation sites is 1. The summed E-state index contributed by atoms with van der Waals surface area (Å²) in [7, 11) is 0. The third-order valence-electron chi connectivity index (χ3n) is 7.38. The molecule has 1 amide bonds. The molecule has 1 spiro atoms. The van der Waals surface area contributed by atoms with Crippen LogP contribution >= 0.6 is 22.9 Å². The van der Waals surface area contributed by atoms with E-state index in [1.165, 1.54) is 40.3 Å². The van der Waals surface area contributed by atoms with Gasteiger partial charge < -0.3 is 30.9 Å². The van der Waals surface area contributed by atoms with Crippen LogP contribution in [0.5, 0.6) is 0 Å². The number of amides is 1. The topological polar surface area (TPSA) is 188 Å². The van der Waals surface area contributed by atoms with Gasteiger partial charge in [0.1, 0.15) is 23.7 Å². The Hall–Kier alpha value is -3.54. The van der Waals surface area contributed by atoms with Crippen LogP contribution in [0.1, 0.15) is 44.9 Å². The fraction of sp³-hybridized carbons (Fsp3) is 0.407. The van der Waals surface area contributed by atoms with Gasteiger partial charge in [-0.15, -0.1) is 11.3 Å². The maximum Gasteiger partial charge on any atom is 0.335 e. The molecule has 1 fully saturated rings. The summed E-state index contributed by atoms with van der Waals surface area (Å²) in [5.74, 6) is -7.91. The average Bonchev–Trinajstić information content (AvgIpc) is 3.54. The van der Waals surface area contributed by atoms with Gasteiger partial charge in [-0.1, -0.05) is 17.7 Å². The Morgan fingerprint density at radius 1 is 1.16 bits per heavy atom. The summed E-state index contributed by atoms with van der Waals surface area (Å²) in [4.78, 5) is 34.0. The van der Waals surface area contributed by atoms with E-state index in [0.717, 1.165) is 5.56 Å². The number of carbonyl (C=O) groups is 3. The number of carboxylic acids is 2. The van der Waals surface area contributed by atoms with Crippen LogP contribution in [-0.4, -0.2) is 84.9 Å². The predicted octanol–water partition coefficient (Wildman–Crippen LogP) is 2.62. The summed E-state index contributed by atoms with van der Waals surface area (Å²) in [6, 6.07) is 5.50. The van der Waals surface area contributed by atoms with Gasteiger partial charge in [-0.05, 0) is 38.0 Å². The third kappa shape index (κ3) is 6.74. The summed E-state index contributed by atoms with van der Waals surface area (Å²) in [5, 5.41) is 36.9. The van der Waals surface area contributed by atoms with Crippen LogP contribution < -0.4 is 5.73 Å². The Labute approximate surface area is 257 Å². The highest BCUT2D eigenvalue weighted by molar-refractivity contribution is 7.16. The van der Waals surface area contributed by atoms with Crippen LogP contribution in [0, 0.1) is 12.7 Å². The van der Waals surface area contributed by atoms with Crippen molar-refractivity contribution in [3.63, 3.8) is 0 Å². The number of likely N-dealkylation sites (tertiary alicyclic amines) is 1. The number of carboxylic acid groups (broad SMARTS) is 2. The molecule has 0 bridgehead atoms. The largest absolute Gasteiger partial charge is 0.479 e. The smallest absolute Gasteiger partial charge is 0.335 e. The van der Waals surface area contributed by atoms with E-state index in [1.54, 1.807) is 6.20 Å². The minimum Gasteiger partial charge on any atom is -0.479 e. The summed E-state index contributed by atoms with van der Waals surface area (Å²) in [6.07, 6.45) is -1.73. The fourth-order valence-corrected chi connectivity index (χ4v) is 6.49. The molecule has 5 rings (SSSR count). The second kappa shape index (κ2) is 12.8. The highest BCUT2D eigenvalue weighted by Gasteiger charge is 2.51. The predicted molar refractivity (Wildman–Crippen MR) is 149 cm³/mol. The van der Waals surface area contributed by atoms with E-state index in [4.69, 9.17) is 42.5 Å². The molecular formula is C27H28ClF3N4O8S. The Morgan fingerprint density at radius 2 is 1.77 bits per heavy atom. The molecular weight excluding hydrogens is 633 g/mol. The summed E-state index contributed by atoms with van der Waals surface area (Å²) in [5.41, 5.74) is 6.26. The number of hydrogen-bond donors (Lipinski definition) is 5. The molecule has 17 heteroatoms. The Bertz CT molecular complexity index is 1560. The normalized spacial score (nSPS) is 18.5. The number of rotatable bonds is 7. The SMILES string of the molecule is Cc1nn(-c2c(F)cccc2C(N)=O)cc1CN1CCC2(CC1)OCC(F)(F)c1cc(Cl)sc12.O=C(O)[C@H](O)[C@@H](O)C(=O)O. The number of piperidine rings is 1. The van der Waals surface area contributed by atoms with E-state index in [-0.39, 0.29) is 16.8 Å². The number of carbonyl (C=O) groups excluding carboxylic acids is 1. The Balaban J connectivity index is 0.000000382. The molecule has 1 saturated heterocycles. The van der Waals surface area contributed by atoms with Gasteiger partial charge in [0.2, 0.25) is 0 Å². The van der Waals surface area contributed by atoms with Gasteiger partial charge in [0.25, 0.3) is 11.8 Å². The van der Waals surface area contributed by atoms with Crippen molar-refractivity contribution < 1.29 is 52.7 Å². The average molecular weight is 661 g/mol. The molecule has 2 aliphatic rings. The maximum atomic E-state index is 14.5. The van der Waals surface area contributed by atoms with E-state index < -0.39 is 54.0 Å². The van der Waals surface area contributed by atoms with Gasteiger partial charge in [-0.2, -0.15) is 13.9 Å². The lowest BCUT2D eigenvalue weighted by atomic mass is 9.84. The third-order valence-corrected chi connectivity index (χ3v) is 8.83. The highest BCUT2D eigenvalue weighted by Crippen LogP contribution is 2.52. The summed E-state index contributed by atoms with van der Waals surface area (Å²) < 4.78 is 50.7. The number of benzene rings is 1. The van der Waals surface area contributed by atoms with Crippen molar-refractivity contribution in [2.75, 3.05) is 19.7 Å². The molecule has 12 nitrogen and oxygen atoms in total. The molecule has 4 heterocycles. The van der Waals surface area contributed by atoms with Crippen LogP contribution in [0.3, 0.4) is 0 Å². The minimum atomic E-state index is -3.04. The number of nitrogens with two attached hydrogens (primary N) is 1.